The van der Waals surface area contributed by atoms with E-state index in [1.165, 1.54) is 7.11 Å². The van der Waals surface area contributed by atoms with Crippen LogP contribution in [0.15, 0.2) is 41.5 Å². The molecular weight excluding hydrogens is 374 g/mol. The fraction of sp³-hybridized carbons (Fsp3) is 0.286. The average Bonchev–Trinajstić information content (AvgIpc) is 2.71. The summed E-state index contributed by atoms with van der Waals surface area (Å²) < 4.78 is 16.3. The zero-order chi connectivity index (χ0) is 21.0. The number of hydrazone groups is 1. The van der Waals surface area contributed by atoms with E-state index >= 15 is 0 Å². The maximum absolute atomic E-state index is 12.5. The van der Waals surface area contributed by atoms with Gasteiger partial charge in [-0.15, -0.1) is 0 Å². The van der Waals surface area contributed by atoms with E-state index in [2.05, 4.69) is 15.8 Å². The van der Waals surface area contributed by atoms with Gasteiger partial charge in [-0.05, 0) is 62.7 Å². The van der Waals surface area contributed by atoms with E-state index in [-0.39, 0.29) is 24.5 Å². The molecule has 29 heavy (non-hydrogen) atoms. The van der Waals surface area contributed by atoms with E-state index in [4.69, 9.17) is 14.2 Å². The highest BCUT2D eigenvalue weighted by molar-refractivity contribution is 6.03. The van der Waals surface area contributed by atoms with Crippen molar-refractivity contribution >= 4 is 23.2 Å². The van der Waals surface area contributed by atoms with Crippen molar-refractivity contribution in [1.82, 2.24) is 5.43 Å². The van der Waals surface area contributed by atoms with Crippen LogP contribution < -0.4 is 25.0 Å². The average molecular weight is 397 g/mol. The Labute approximate surface area is 168 Å². The lowest BCUT2D eigenvalue weighted by molar-refractivity contribution is -0.118. The largest absolute Gasteiger partial charge is 0.493 e. The van der Waals surface area contributed by atoms with Gasteiger partial charge in [0.2, 0.25) is 0 Å². The van der Waals surface area contributed by atoms with Crippen LogP contribution in [-0.4, -0.2) is 37.3 Å². The second kappa shape index (κ2) is 8.64. The predicted octanol–water partition coefficient (Wildman–Crippen LogP) is 2.97. The molecule has 3 rings (SSSR count). The number of hydrogen-bond donors (Lipinski definition) is 2. The summed E-state index contributed by atoms with van der Waals surface area (Å²) in [5.41, 5.74) is 4.82. The highest BCUT2D eigenvalue weighted by Crippen LogP contribution is 2.30. The Morgan fingerprint density at radius 2 is 1.93 bits per heavy atom. The van der Waals surface area contributed by atoms with Crippen LogP contribution in [0.2, 0.25) is 0 Å². The highest BCUT2D eigenvalue weighted by atomic mass is 16.5. The van der Waals surface area contributed by atoms with E-state index in [9.17, 15) is 9.59 Å². The predicted molar refractivity (Wildman–Crippen MR) is 109 cm³/mol. The number of carbonyl (C=O) groups is 2. The van der Waals surface area contributed by atoms with Gasteiger partial charge in [-0.2, -0.15) is 5.10 Å². The Hall–Kier alpha value is -3.55. The van der Waals surface area contributed by atoms with Crippen molar-refractivity contribution < 1.29 is 23.8 Å². The summed E-state index contributed by atoms with van der Waals surface area (Å²) in [6.45, 7) is 5.58. The number of nitrogens with zero attached hydrogens (tertiary/aromatic N) is 1. The lowest BCUT2D eigenvalue weighted by atomic mass is 10.1. The first-order valence-electron chi connectivity index (χ1n) is 9.13. The van der Waals surface area contributed by atoms with Crippen LogP contribution in [0.1, 0.15) is 36.7 Å². The lowest BCUT2D eigenvalue weighted by Crippen LogP contribution is -2.25. The number of fused-ring (bicyclic) bond motifs is 1. The molecule has 0 bridgehead atoms. The number of nitrogens with one attached hydrogen (secondary N) is 2. The zero-order valence-corrected chi connectivity index (χ0v) is 16.7. The minimum absolute atomic E-state index is 0.0000633. The van der Waals surface area contributed by atoms with Crippen molar-refractivity contribution in [2.75, 3.05) is 19.0 Å². The Balaban J connectivity index is 1.73. The fourth-order valence-electron chi connectivity index (χ4n) is 2.73. The fourth-order valence-corrected chi connectivity index (χ4v) is 2.73. The van der Waals surface area contributed by atoms with Gasteiger partial charge in [-0.1, -0.05) is 0 Å². The van der Waals surface area contributed by atoms with Crippen molar-refractivity contribution in [3.63, 3.8) is 0 Å². The Kier molecular flexibility index (Phi) is 6.01. The first kappa shape index (κ1) is 20.2. The summed E-state index contributed by atoms with van der Waals surface area (Å²) in [7, 11) is 1.52. The molecule has 8 nitrogen and oxygen atoms in total. The summed E-state index contributed by atoms with van der Waals surface area (Å²) in [6.07, 6.45) is -0.0115. The maximum Gasteiger partial charge on any atom is 0.271 e. The molecular formula is C21H23N3O5. The number of benzene rings is 2. The molecule has 0 fully saturated rings. The van der Waals surface area contributed by atoms with Crippen molar-refractivity contribution in [2.45, 2.75) is 26.9 Å². The van der Waals surface area contributed by atoms with Crippen LogP contribution in [0.4, 0.5) is 5.69 Å². The molecule has 152 valence electrons. The summed E-state index contributed by atoms with van der Waals surface area (Å²) in [5.74, 6) is 1.04. The molecule has 2 N–H and O–H groups in total. The van der Waals surface area contributed by atoms with Gasteiger partial charge in [-0.3, -0.25) is 9.59 Å². The molecule has 8 heteroatoms. The molecule has 2 aromatic rings. The normalized spacial score (nSPS) is 13.3. The highest BCUT2D eigenvalue weighted by Gasteiger charge is 2.17. The molecule has 0 atom stereocenters. The number of ether oxygens (including phenoxy) is 3. The minimum Gasteiger partial charge on any atom is -0.493 e. The van der Waals surface area contributed by atoms with Gasteiger partial charge in [0.1, 0.15) is 5.75 Å². The lowest BCUT2D eigenvalue weighted by Gasteiger charge is -2.18. The van der Waals surface area contributed by atoms with E-state index in [0.717, 1.165) is 5.56 Å². The minimum atomic E-state index is -0.381. The topological polar surface area (TPSA) is 98.2 Å². The molecule has 0 aromatic heterocycles. The first-order valence-corrected chi connectivity index (χ1v) is 9.13. The van der Waals surface area contributed by atoms with Crippen LogP contribution in [0, 0.1) is 0 Å². The third kappa shape index (κ3) is 4.84. The Bertz CT molecular complexity index is 969. The van der Waals surface area contributed by atoms with Crippen molar-refractivity contribution in [3.8, 4) is 17.2 Å². The number of rotatable bonds is 6. The van der Waals surface area contributed by atoms with Gasteiger partial charge in [0, 0.05) is 5.56 Å². The van der Waals surface area contributed by atoms with E-state index in [0.29, 0.717) is 34.2 Å². The van der Waals surface area contributed by atoms with E-state index < -0.39 is 0 Å². The molecule has 1 heterocycles. The molecule has 1 aliphatic heterocycles. The monoisotopic (exact) mass is 397 g/mol. The number of hydrogen-bond acceptors (Lipinski definition) is 6. The molecule has 0 spiro atoms. The van der Waals surface area contributed by atoms with Crippen LogP contribution in [0.5, 0.6) is 17.2 Å². The molecule has 0 unspecified atom stereocenters. The van der Waals surface area contributed by atoms with Crippen LogP contribution in [0.25, 0.3) is 0 Å². The Morgan fingerprint density at radius 3 is 2.66 bits per heavy atom. The molecule has 0 aliphatic carbocycles. The third-order valence-electron chi connectivity index (χ3n) is 4.14. The third-order valence-corrected chi connectivity index (χ3v) is 4.14. The van der Waals surface area contributed by atoms with E-state index in [1.54, 1.807) is 37.3 Å². The second-order valence-corrected chi connectivity index (χ2v) is 6.72. The summed E-state index contributed by atoms with van der Waals surface area (Å²) in [6, 6.07) is 10.2. The van der Waals surface area contributed by atoms with Gasteiger partial charge in [-0.25, -0.2) is 5.43 Å². The standard InChI is InChI=1S/C21H23N3O5/c1-12(2)29-18-8-6-15(10-19(18)27-4)21(26)24-23-13(3)14-5-7-17-16(9-14)22-20(25)11-28-17/h5-10,12H,11H2,1-4H3,(H,22,25)(H,24,26)/b23-13-. The van der Waals surface area contributed by atoms with Crippen LogP contribution in [0.3, 0.4) is 0 Å². The molecule has 0 saturated carbocycles. The Morgan fingerprint density at radius 1 is 1.17 bits per heavy atom. The van der Waals surface area contributed by atoms with Crippen molar-refractivity contribution in [2.24, 2.45) is 5.10 Å². The molecule has 0 saturated heterocycles. The summed E-state index contributed by atoms with van der Waals surface area (Å²) in [4.78, 5) is 23.9. The number of anilines is 1. The zero-order valence-electron chi connectivity index (χ0n) is 16.7. The van der Waals surface area contributed by atoms with Crippen molar-refractivity contribution in [1.29, 1.82) is 0 Å². The van der Waals surface area contributed by atoms with Gasteiger partial charge in [0.25, 0.3) is 11.8 Å². The molecule has 2 aromatic carbocycles. The van der Waals surface area contributed by atoms with Gasteiger partial charge >= 0.3 is 0 Å². The number of methoxy groups -OCH3 is 1. The number of carbonyl (C=O) groups excluding carboxylic acids is 2. The quantitative estimate of drug-likeness (QED) is 0.577. The van der Waals surface area contributed by atoms with Crippen LogP contribution >= 0.6 is 0 Å². The molecule has 0 radical (unpaired) electrons. The number of amides is 2. The molecule has 2 amide bonds. The second-order valence-electron chi connectivity index (χ2n) is 6.72. The van der Waals surface area contributed by atoms with Gasteiger partial charge in [0.05, 0.1) is 24.6 Å². The van der Waals surface area contributed by atoms with Crippen molar-refractivity contribution in [3.05, 3.63) is 47.5 Å². The SMILES string of the molecule is COc1cc(C(=O)N/N=C(/C)c2ccc3c(c2)NC(=O)CO3)ccc1OC(C)C. The maximum atomic E-state index is 12.5. The summed E-state index contributed by atoms with van der Waals surface area (Å²) >= 11 is 0. The van der Waals surface area contributed by atoms with E-state index in [1.807, 2.05) is 19.9 Å². The smallest absolute Gasteiger partial charge is 0.271 e. The van der Waals surface area contributed by atoms with Gasteiger partial charge < -0.3 is 19.5 Å². The first-order chi connectivity index (χ1) is 13.9. The molecule has 1 aliphatic rings. The van der Waals surface area contributed by atoms with Gasteiger partial charge in [0.15, 0.2) is 18.1 Å². The summed E-state index contributed by atoms with van der Waals surface area (Å²) in [5, 5.41) is 6.90. The van der Waals surface area contributed by atoms with Crippen LogP contribution in [-0.2, 0) is 4.79 Å².